The zero-order chi connectivity index (χ0) is 12.8. The maximum absolute atomic E-state index is 11.7. The molecule has 1 N–H and O–H groups in total. The van der Waals surface area contributed by atoms with Crippen LogP contribution in [0.3, 0.4) is 0 Å². The van der Waals surface area contributed by atoms with Crippen LogP contribution in [-0.4, -0.2) is 16.6 Å². The van der Waals surface area contributed by atoms with Crippen molar-refractivity contribution < 1.29 is 4.79 Å². The van der Waals surface area contributed by atoms with Gasteiger partial charge in [0.25, 0.3) is 5.91 Å². The fourth-order valence-corrected chi connectivity index (χ4v) is 1.42. The highest BCUT2D eigenvalue weighted by molar-refractivity contribution is 5.99. The predicted molar refractivity (Wildman–Crippen MR) is 70.4 cm³/mol. The third-order valence-electron chi connectivity index (χ3n) is 2.40. The lowest BCUT2D eigenvalue weighted by molar-refractivity contribution is 0.0955. The molecule has 0 atom stereocenters. The number of pyridine rings is 1. The minimum absolute atomic E-state index is 0.231. The van der Waals surface area contributed by atoms with Gasteiger partial charge in [0.1, 0.15) is 0 Å². The monoisotopic (exact) mass is 239 g/mol. The van der Waals surface area contributed by atoms with Crippen molar-refractivity contribution in [1.82, 2.24) is 10.4 Å². The van der Waals surface area contributed by atoms with Crippen LogP contribution in [-0.2, 0) is 0 Å². The number of nitrogens with zero attached hydrogens (tertiary/aromatic N) is 2. The Balaban J connectivity index is 2.05. The average Bonchev–Trinajstić information content (AvgIpc) is 2.46. The van der Waals surface area contributed by atoms with Gasteiger partial charge < -0.3 is 0 Å². The highest BCUT2D eigenvalue weighted by Gasteiger charge is 2.03. The molecule has 4 heteroatoms. The maximum Gasteiger partial charge on any atom is 0.271 e. The Morgan fingerprint density at radius 2 is 1.83 bits per heavy atom. The molecular formula is C14H13N3O. The molecule has 0 unspecified atom stereocenters. The first-order valence-corrected chi connectivity index (χ1v) is 5.58. The Kier molecular flexibility index (Phi) is 3.81. The fraction of sp³-hybridized carbons (Fsp3) is 0.0714. The van der Waals surface area contributed by atoms with E-state index in [1.165, 1.54) is 0 Å². The largest absolute Gasteiger partial charge is 0.271 e. The second-order valence-corrected chi connectivity index (χ2v) is 3.72. The van der Waals surface area contributed by atoms with Crippen molar-refractivity contribution in [3.63, 3.8) is 0 Å². The Labute approximate surface area is 105 Å². The summed E-state index contributed by atoms with van der Waals surface area (Å²) in [6.07, 6.45) is 1.69. The van der Waals surface area contributed by atoms with E-state index in [9.17, 15) is 4.79 Å². The van der Waals surface area contributed by atoms with Crippen LogP contribution in [0.25, 0.3) is 0 Å². The van der Waals surface area contributed by atoms with Gasteiger partial charge in [0.2, 0.25) is 0 Å². The van der Waals surface area contributed by atoms with E-state index >= 15 is 0 Å². The maximum atomic E-state index is 11.7. The summed E-state index contributed by atoms with van der Waals surface area (Å²) in [5.74, 6) is -0.231. The van der Waals surface area contributed by atoms with Gasteiger partial charge in [-0.3, -0.25) is 9.78 Å². The van der Waals surface area contributed by atoms with Crippen molar-refractivity contribution in [3.8, 4) is 0 Å². The highest BCUT2D eigenvalue weighted by atomic mass is 16.2. The standard InChI is InChI=1S/C14H13N3O/c1-11(13-9-5-6-10-15-13)16-17-14(18)12-7-3-2-4-8-12/h2-10H,1H3,(H,17,18)/b16-11+. The molecule has 0 bridgehead atoms. The molecule has 1 heterocycles. The average molecular weight is 239 g/mol. The summed E-state index contributed by atoms with van der Waals surface area (Å²) in [6.45, 7) is 1.80. The molecule has 90 valence electrons. The molecule has 2 rings (SSSR count). The summed E-state index contributed by atoms with van der Waals surface area (Å²) in [5, 5.41) is 4.03. The van der Waals surface area contributed by atoms with Crippen LogP contribution >= 0.6 is 0 Å². The van der Waals surface area contributed by atoms with Crippen molar-refractivity contribution in [2.75, 3.05) is 0 Å². The molecule has 0 saturated carbocycles. The third kappa shape index (κ3) is 3.01. The molecule has 1 aromatic heterocycles. The number of aromatic nitrogens is 1. The van der Waals surface area contributed by atoms with Gasteiger partial charge in [-0.2, -0.15) is 5.10 Å². The summed E-state index contributed by atoms with van der Waals surface area (Å²) in [4.78, 5) is 15.9. The number of nitrogens with one attached hydrogen (secondary N) is 1. The van der Waals surface area contributed by atoms with Crippen LogP contribution < -0.4 is 5.43 Å². The summed E-state index contributed by atoms with van der Waals surface area (Å²) < 4.78 is 0. The van der Waals surface area contributed by atoms with Crippen molar-refractivity contribution in [2.45, 2.75) is 6.92 Å². The molecule has 0 aliphatic heterocycles. The molecule has 0 saturated heterocycles. The van der Waals surface area contributed by atoms with Gasteiger partial charge in [-0.25, -0.2) is 5.43 Å². The van der Waals surface area contributed by atoms with E-state index in [4.69, 9.17) is 0 Å². The van der Waals surface area contributed by atoms with Gasteiger partial charge in [-0.1, -0.05) is 24.3 Å². The molecule has 2 aromatic rings. The quantitative estimate of drug-likeness (QED) is 0.659. The van der Waals surface area contributed by atoms with E-state index in [-0.39, 0.29) is 5.91 Å². The van der Waals surface area contributed by atoms with Gasteiger partial charge in [0.05, 0.1) is 11.4 Å². The van der Waals surface area contributed by atoms with Crippen molar-refractivity contribution in [1.29, 1.82) is 0 Å². The van der Waals surface area contributed by atoms with E-state index in [0.29, 0.717) is 11.3 Å². The number of carbonyl (C=O) groups excluding carboxylic acids is 1. The van der Waals surface area contributed by atoms with Crippen molar-refractivity contribution >= 4 is 11.6 Å². The Bertz CT molecular complexity index is 550. The van der Waals surface area contributed by atoms with Crippen LogP contribution in [0.4, 0.5) is 0 Å². The summed E-state index contributed by atoms with van der Waals surface area (Å²) in [5.41, 5.74) is 4.49. The van der Waals surface area contributed by atoms with E-state index in [2.05, 4.69) is 15.5 Å². The Hall–Kier alpha value is -2.49. The van der Waals surface area contributed by atoms with E-state index in [1.54, 1.807) is 25.3 Å². The number of hydrazone groups is 1. The third-order valence-corrected chi connectivity index (χ3v) is 2.40. The first kappa shape index (κ1) is 12.0. The lowest BCUT2D eigenvalue weighted by Crippen LogP contribution is -2.19. The molecule has 18 heavy (non-hydrogen) atoms. The first-order valence-electron chi connectivity index (χ1n) is 5.58. The lowest BCUT2D eigenvalue weighted by atomic mass is 10.2. The van der Waals surface area contributed by atoms with Crippen LogP contribution in [0.1, 0.15) is 23.0 Å². The number of benzene rings is 1. The Morgan fingerprint density at radius 1 is 1.11 bits per heavy atom. The number of carbonyl (C=O) groups is 1. The number of hydrogen-bond acceptors (Lipinski definition) is 3. The molecule has 1 aromatic carbocycles. The van der Waals surface area contributed by atoms with Crippen molar-refractivity contribution in [2.24, 2.45) is 5.10 Å². The van der Waals surface area contributed by atoms with Crippen LogP contribution in [0.15, 0.2) is 59.8 Å². The van der Waals surface area contributed by atoms with Gasteiger partial charge >= 0.3 is 0 Å². The zero-order valence-electron chi connectivity index (χ0n) is 10.00. The molecular weight excluding hydrogens is 226 g/mol. The molecule has 1 amide bonds. The minimum Gasteiger partial charge on any atom is -0.267 e. The molecule has 0 spiro atoms. The van der Waals surface area contributed by atoms with Gasteiger partial charge in [-0.05, 0) is 31.2 Å². The molecule has 0 radical (unpaired) electrons. The van der Waals surface area contributed by atoms with Crippen LogP contribution in [0, 0.1) is 0 Å². The number of rotatable bonds is 3. The second kappa shape index (κ2) is 5.72. The number of amides is 1. The molecule has 4 nitrogen and oxygen atoms in total. The first-order chi connectivity index (χ1) is 8.77. The van der Waals surface area contributed by atoms with Gasteiger partial charge in [0.15, 0.2) is 0 Å². The van der Waals surface area contributed by atoms with Crippen molar-refractivity contribution in [3.05, 3.63) is 66.0 Å². The number of hydrogen-bond donors (Lipinski definition) is 1. The SMILES string of the molecule is C/C(=N\NC(=O)c1ccccc1)c1ccccn1. The summed E-state index contributed by atoms with van der Waals surface area (Å²) in [7, 11) is 0. The second-order valence-electron chi connectivity index (χ2n) is 3.72. The van der Waals surface area contributed by atoms with Crippen LogP contribution in [0.2, 0.25) is 0 Å². The molecule has 0 fully saturated rings. The lowest BCUT2D eigenvalue weighted by Gasteiger charge is -2.02. The summed E-state index contributed by atoms with van der Waals surface area (Å²) in [6, 6.07) is 14.5. The van der Waals surface area contributed by atoms with Crippen LogP contribution in [0.5, 0.6) is 0 Å². The van der Waals surface area contributed by atoms with Gasteiger partial charge in [-0.15, -0.1) is 0 Å². The predicted octanol–water partition coefficient (Wildman–Crippen LogP) is 2.24. The molecule has 0 aliphatic rings. The fourth-order valence-electron chi connectivity index (χ4n) is 1.42. The smallest absolute Gasteiger partial charge is 0.267 e. The van der Waals surface area contributed by atoms with Gasteiger partial charge in [0, 0.05) is 11.8 Å². The van der Waals surface area contributed by atoms with E-state index < -0.39 is 0 Å². The minimum atomic E-state index is -0.231. The Morgan fingerprint density at radius 3 is 2.50 bits per heavy atom. The van der Waals surface area contributed by atoms with E-state index in [1.807, 2.05) is 36.4 Å². The normalized spacial score (nSPS) is 11.1. The topological polar surface area (TPSA) is 54.4 Å². The van der Waals surface area contributed by atoms with E-state index in [0.717, 1.165) is 5.69 Å². The zero-order valence-corrected chi connectivity index (χ0v) is 10.00. The highest BCUT2D eigenvalue weighted by Crippen LogP contribution is 1.99. The summed E-state index contributed by atoms with van der Waals surface area (Å²) >= 11 is 0. The molecule has 0 aliphatic carbocycles.